The van der Waals surface area contributed by atoms with Gasteiger partial charge in [0, 0.05) is 12.6 Å². The molecule has 0 aliphatic carbocycles. The molecule has 1 aromatic carbocycles. The van der Waals surface area contributed by atoms with Crippen molar-refractivity contribution in [3.8, 4) is 0 Å². The molecule has 2 aromatic rings. The predicted molar refractivity (Wildman–Crippen MR) is 71.5 cm³/mol. The maximum absolute atomic E-state index is 5.23. The molecule has 17 heavy (non-hydrogen) atoms. The standard InChI is InChI=1S/C11H13N5.ClH/c1-16-9-5-3-2-4-8(9)6-7-10(16)14-15-11(12)13;/h2-7H,1H3,(H4,12,13,15);1H/b14-10+;. The van der Waals surface area contributed by atoms with Crippen LogP contribution in [0.2, 0.25) is 0 Å². The molecule has 1 heterocycles. The lowest BCUT2D eigenvalue weighted by Crippen LogP contribution is -2.23. The summed E-state index contributed by atoms with van der Waals surface area (Å²) in [5.74, 6) is -0.0480. The molecule has 2 rings (SSSR count). The van der Waals surface area contributed by atoms with Gasteiger partial charge in [0.25, 0.3) is 0 Å². The first-order valence-corrected chi connectivity index (χ1v) is 4.86. The number of guanidine groups is 1. The summed E-state index contributed by atoms with van der Waals surface area (Å²) in [5.41, 5.74) is 12.2. The van der Waals surface area contributed by atoms with Crippen LogP contribution in [0, 0.1) is 0 Å². The van der Waals surface area contributed by atoms with E-state index in [0.29, 0.717) is 5.49 Å². The summed E-state index contributed by atoms with van der Waals surface area (Å²) in [6.45, 7) is 0. The van der Waals surface area contributed by atoms with E-state index in [1.807, 2.05) is 48.0 Å². The van der Waals surface area contributed by atoms with Crippen molar-refractivity contribution in [2.45, 2.75) is 0 Å². The van der Waals surface area contributed by atoms with E-state index in [1.165, 1.54) is 0 Å². The van der Waals surface area contributed by atoms with E-state index in [4.69, 9.17) is 11.5 Å². The van der Waals surface area contributed by atoms with E-state index in [1.54, 1.807) is 0 Å². The second-order valence-electron chi connectivity index (χ2n) is 3.43. The molecule has 0 bridgehead atoms. The number of nitrogens with zero attached hydrogens (tertiary/aromatic N) is 3. The zero-order valence-corrected chi connectivity index (χ0v) is 10.2. The quantitative estimate of drug-likeness (QED) is 0.444. The molecule has 0 unspecified atom stereocenters. The third kappa shape index (κ3) is 2.76. The summed E-state index contributed by atoms with van der Waals surface area (Å²) in [6.07, 6.45) is 0. The number of hydrogen-bond acceptors (Lipinski definition) is 2. The van der Waals surface area contributed by atoms with Gasteiger partial charge < -0.3 is 16.0 Å². The van der Waals surface area contributed by atoms with Gasteiger partial charge >= 0.3 is 0 Å². The van der Waals surface area contributed by atoms with Gasteiger partial charge in [-0.05, 0) is 23.6 Å². The number of aromatic nitrogens is 1. The van der Waals surface area contributed by atoms with Gasteiger partial charge in [-0.1, -0.05) is 18.2 Å². The number of para-hydroxylation sites is 1. The summed E-state index contributed by atoms with van der Waals surface area (Å²) < 4.78 is 1.93. The predicted octanol–water partition coefficient (Wildman–Crippen LogP) is 0.689. The first-order chi connectivity index (χ1) is 7.68. The molecule has 0 radical (unpaired) electrons. The van der Waals surface area contributed by atoms with Crippen LogP contribution in [0.4, 0.5) is 0 Å². The Morgan fingerprint density at radius 3 is 2.53 bits per heavy atom. The summed E-state index contributed by atoms with van der Waals surface area (Å²) >= 11 is 0. The van der Waals surface area contributed by atoms with E-state index in [-0.39, 0.29) is 18.4 Å². The van der Waals surface area contributed by atoms with Crippen molar-refractivity contribution in [2.24, 2.45) is 28.7 Å². The van der Waals surface area contributed by atoms with Crippen LogP contribution in [-0.4, -0.2) is 10.5 Å². The number of aryl methyl sites for hydroxylation is 1. The van der Waals surface area contributed by atoms with Crippen LogP contribution >= 0.6 is 12.4 Å². The fourth-order valence-corrected chi connectivity index (χ4v) is 1.54. The Morgan fingerprint density at radius 2 is 1.82 bits per heavy atom. The minimum absolute atomic E-state index is 0. The number of hydrogen-bond donors (Lipinski definition) is 2. The van der Waals surface area contributed by atoms with Crippen LogP contribution in [-0.2, 0) is 7.05 Å². The van der Waals surface area contributed by atoms with E-state index in [9.17, 15) is 0 Å². The molecule has 5 nitrogen and oxygen atoms in total. The summed E-state index contributed by atoms with van der Waals surface area (Å²) in [6, 6.07) is 11.9. The maximum atomic E-state index is 5.23. The van der Waals surface area contributed by atoms with Gasteiger partial charge in [-0.2, -0.15) is 0 Å². The highest BCUT2D eigenvalue weighted by Gasteiger charge is 1.95. The van der Waals surface area contributed by atoms with Crippen LogP contribution in [0.15, 0.2) is 46.6 Å². The third-order valence-electron chi connectivity index (χ3n) is 2.32. The van der Waals surface area contributed by atoms with E-state index in [0.717, 1.165) is 10.9 Å². The van der Waals surface area contributed by atoms with Gasteiger partial charge in [0.2, 0.25) is 5.96 Å². The first kappa shape index (κ1) is 13.1. The van der Waals surface area contributed by atoms with Crippen LogP contribution in [0.5, 0.6) is 0 Å². The number of fused-ring (bicyclic) bond motifs is 1. The van der Waals surface area contributed by atoms with Crippen molar-refractivity contribution in [3.05, 3.63) is 41.9 Å². The molecule has 0 amide bonds. The van der Waals surface area contributed by atoms with Crippen molar-refractivity contribution in [1.29, 1.82) is 0 Å². The lowest BCUT2D eigenvalue weighted by molar-refractivity contribution is 0.852. The molecule has 0 atom stereocenters. The largest absolute Gasteiger partial charge is 0.369 e. The van der Waals surface area contributed by atoms with Crippen molar-refractivity contribution in [2.75, 3.05) is 0 Å². The SMILES string of the molecule is Cl.Cn1/c(=N/N=C(N)N)ccc2ccccc21. The fourth-order valence-electron chi connectivity index (χ4n) is 1.54. The molecule has 6 heteroatoms. The number of halogens is 1. The van der Waals surface area contributed by atoms with Gasteiger partial charge in [-0.25, -0.2) is 0 Å². The van der Waals surface area contributed by atoms with Gasteiger partial charge in [0.15, 0.2) is 5.49 Å². The van der Waals surface area contributed by atoms with Gasteiger partial charge in [0.05, 0.1) is 0 Å². The molecule has 0 fully saturated rings. The molecule has 0 saturated heterocycles. The Morgan fingerprint density at radius 1 is 1.12 bits per heavy atom. The third-order valence-corrected chi connectivity index (χ3v) is 2.32. The van der Waals surface area contributed by atoms with Gasteiger partial charge in [0.1, 0.15) is 0 Å². The Bertz CT molecular complexity index is 611. The smallest absolute Gasteiger partial charge is 0.211 e. The highest BCUT2D eigenvalue weighted by atomic mass is 35.5. The Balaban J connectivity index is 0.00000144. The van der Waals surface area contributed by atoms with Gasteiger partial charge in [-0.3, -0.25) is 0 Å². The topological polar surface area (TPSA) is 81.7 Å². The lowest BCUT2D eigenvalue weighted by atomic mass is 10.2. The van der Waals surface area contributed by atoms with Gasteiger partial charge in [-0.15, -0.1) is 22.6 Å². The second kappa shape index (κ2) is 5.36. The molecule has 0 saturated carbocycles. The Labute approximate surface area is 105 Å². The monoisotopic (exact) mass is 251 g/mol. The highest BCUT2D eigenvalue weighted by molar-refractivity contribution is 5.85. The summed E-state index contributed by atoms with van der Waals surface area (Å²) in [7, 11) is 1.92. The fraction of sp³-hybridized carbons (Fsp3) is 0.0909. The average Bonchev–Trinajstić information content (AvgIpc) is 2.28. The van der Waals surface area contributed by atoms with Crippen molar-refractivity contribution in [1.82, 2.24) is 4.57 Å². The first-order valence-electron chi connectivity index (χ1n) is 4.86. The van der Waals surface area contributed by atoms with E-state index in [2.05, 4.69) is 10.2 Å². The van der Waals surface area contributed by atoms with Crippen LogP contribution in [0.3, 0.4) is 0 Å². The summed E-state index contributed by atoms with van der Waals surface area (Å²) in [5, 5.41) is 8.74. The normalized spacial score (nSPS) is 11.0. The maximum Gasteiger partial charge on any atom is 0.211 e. The lowest BCUT2D eigenvalue weighted by Gasteiger charge is -2.04. The Kier molecular flexibility index (Phi) is 4.12. The highest BCUT2D eigenvalue weighted by Crippen LogP contribution is 2.09. The molecule has 0 aliphatic rings. The molecule has 0 spiro atoms. The van der Waals surface area contributed by atoms with Crippen LogP contribution in [0.25, 0.3) is 10.9 Å². The Hall–Kier alpha value is -2.01. The molecule has 0 aliphatic heterocycles. The minimum Gasteiger partial charge on any atom is -0.369 e. The van der Waals surface area contributed by atoms with Crippen molar-refractivity contribution in [3.63, 3.8) is 0 Å². The molecule has 4 N–H and O–H groups in total. The average molecular weight is 252 g/mol. The minimum atomic E-state index is -0.0480. The number of rotatable bonds is 1. The van der Waals surface area contributed by atoms with Crippen LogP contribution in [0.1, 0.15) is 0 Å². The van der Waals surface area contributed by atoms with Crippen molar-refractivity contribution < 1.29 is 0 Å². The number of benzene rings is 1. The van der Waals surface area contributed by atoms with E-state index < -0.39 is 0 Å². The zero-order chi connectivity index (χ0) is 11.5. The molecular formula is C11H14ClN5. The van der Waals surface area contributed by atoms with Crippen LogP contribution < -0.4 is 17.0 Å². The van der Waals surface area contributed by atoms with Crippen molar-refractivity contribution >= 4 is 29.3 Å². The molecular weight excluding hydrogens is 238 g/mol. The summed E-state index contributed by atoms with van der Waals surface area (Å²) in [4.78, 5) is 0. The number of nitrogens with two attached hydrogens (primary N) is 2. The molecule has 90 valence electrons. The zero-order valence-electron chi connectivity index (χ0n) is 9.37. The molecule has 1 aromatic heterocycles. The number of pyridine rings is 1. The second-order valence-corrected chi connectivity index (χ2v) is 3.43. The van der Waals surface area contributed by atoms with E-state index >= 15 is 0 Å².